The molecule has 0 aliphatic rings. The first-order valence-electron chi connectivity index (χ1n) is 9.41. The third-order valence-corrected chi connectivity index (χ3v) is 6.28. The van der Waals surface area contributed by atoms with Crippen molar-refractivity contribution in [1.29, 1.82) is 0 Å². The van der Waals surface area contributed by atoms with E-state index < -0.39 is 0 Å². The number of nitrogens with zero attached hydrogens (tertiary/aromatic N) is 3. The van der Waals surface area contributed by atoms with Crippen molar-refractivity contribution in [3.8, 4) is 5.75 Å². The number of hydrogen-bond donors (Lipinski definition) is 0. The minimum absolute atomic E-state index is 0.248. The molecule has 1 heterocycles. The lowest BCUT2D eigenvalue weighted by atomic mass is 10.2. The molecule has 4 rings (SSSR count). The lowest BCUT2D eigenvalue weighted by Crippen LogP contribution is -2.20. The second kappa shape index (κ2) is 9.64. The average molecular weight is 624 g/mol. The van der Waals surface area contributed by atoms with Gasteiger partial charge in [0.1, 0.15) is 24.0 Å². The highest BCUT2D eigenvalue weighted by molar-refractivity contribution is 9.11. The zero-order valence-electron chi connectivity index (χ0n) is 16.7. The smallest absolute Gasteiger partial charge is 0.282 e. The summed E-state index contributed by atoms with van der Waals surface area (Å²) in [5, 5.41) is 4.83. The summed E-state index contributed by atoms with van der Waals surface area (Å²) < 4.78 is 22.4. The summed E-state index contributed by atoms with van der Waals surface area (Å²) in [6.07, 6.45) is 1.58. The summed E-state index contributed by atoms with van der Waals surface area (Å²) in [4.78, 5) is 17.3. The van der Waals surface area contributed by atoms with E-state index in [1.807, 2.05) is 18.2 Å². The summed E-state index contributed by atoms with van der Waals surface area (Å²) in [7, 11) is 0. The van der Waals surface area contributed by atoms with Crippen LogP contribution in [-0.4, -0.2) is 15.9 Å². The minimum Gasteiger partial charge on any atom is -0.487 e. The summed E-state index contributed by atoms with van der Waals surface area (Å²) in [5.41, 5.74) is 1.97. The predicted molar refractivity (Wildman–Crippen MR) is 134 cm³/mol. The lowest BCUT2D eigenvalue weighted by Gasteiger charge is -2.11. The molecule has 0 fully saturated rings. The SMILES string of the molecule is Cc1nc2ccc(Br)cc2c(=O)n1N=Cc1cc(Br)c(OCc2ccc(F)cc2)c(Br)c1. The maximum atomic E-state index is 13.1. The van der Waals surface area contributed by atoms with Gasteiger partial charge < -0.3 is 4.74 Å². The van der Waals surface area contributed by atoms with E-state index in [2.05, 4.69) is 57.9 Å². The largest absolute Gasteiger partial charge is 0.487 e. The van der Waals surface area contributed by atoms with Crippen LogP contribution in [0.4, 0.5) is 4.39 Å². The molecule has 4 aromatic rings. The Labute approximate surface area is 208 Å². The highest BCUT2D eigenvalue weighted by atomic mass is 79.9. The first-order chi connectivity index (χ1) is 15.3. The minimum atomic E-state index is -0.289. The van der Waals surface area contributed by atoms with Crippen LogP contribution in [0.25, 0.3) is 10.9 Å². The number of rotatable bonds is 5. The van der Waals surface area contributed by atoms with Crippen LogP contribution in [0.1, 0.15) is 17.0 Å². The van der Waals surface area contributed by atoms with E-state index in [-0.39, 0.29) is 18.0 Å². The summed E-state index contributed by atoms with van der Waals surface area (Å²) in [6.45, 7) is 2.02. The molecule has 9 heteroatoms. The monoisotopic (exact) mass is 621 g/mol. The van der Waals surface area contributed by atoms with E-state index in [0.29, 0.717) is 31.4 Å². The fourth-order valence-electron chi connectivity index (χ4n) is 3.05. The standard InChI is InChI=1S/C23H15Br3FN3O2/c1-13-29-21-7-4-16(24)10-18(21)23(31)30(13)28-11-15-8-19(25)22(20(26)9-15)32-12-14-2-5-17(27)6-3-14/h2-11H,12H2,1H3. The molecule has 0 bridgehead atoms. The molecule has 0 saturated heterocycles. The van der Waals surface area contributed by atoms with Gasteiger partial charge in [-0.15, -0.1) is 0 Å². The van der Waals surface area contributed by atoms with Crippen LogP contribution in [0.3, 0.4) is 0 Å². The van der Waals surface area contributed by atoms with Crippen molar-refractivity contribution in [2.45, 2.75) is 13.5 Å². The van der Waals surface area contributed by atoms with Crippen LogP contribution < -0.4 is 10.3 Å². The van der Waals surface area contributed by atoms with E-state index in [0.717, 1.165) is 15.6 Å². The first kappa shape index (κ1) is 22.8. The molecule has 0 atom stereocenters. The van der Waals surface area contributed by atoms with Crippen molar-refractivity contribution < 1.29 is 9.13 Å². The highest BCUT2D eigenvalue weighted by Gasteiger charge is 2.11. The number of halogens is 4. The molecule has 32 heavy (non-hydrogen) atoms. The molecule has 0 amide bonds. The van der Waals surface area contributed by atoms with Crippen LogP contribution in [0.2, 0.25) is 0 Å². The van der Waals surface area contributed by atoms with Gasteiger partial charge in [-0.1, -0.05) is 28.1 Å². The van der Waals surface area contributed by atoms with Gasteiger partial charge in [-0.05, 0) is 92.4 Å². The quantitative estimate of drug-likeness (QED) is 0.236. The zero-order chi connectivity index (χ0) is 22.8. The maximum absolute atomic E-state index is 13.1. The number of hydrogen-bond acceptors (Lipinski definition) is 4. The van der Waals surface area contributed by atoms with Gasteiger partial charge in [0.15, 0.2) is 0 Å². The van der Waals surface area contributed by atoms with Gasteiger partial charge in [0.2, 0.25) is 0 Å². The van der Waals surface area contributed by atoms with Crippen molar-refractivity contribution in [2.24, 2.45) is 5.10 Å². The Morgan fingerprint density at radius 1 is 1.06 bits per heavy atom. The van der Waals surface area contributed by atoms with E-state index in [1.165, 1.54) is 16.8 Å². The molecule has 3 aromatic carbocycles. The normalized spacial score (nSPS) is 11.4. The van der Waals surface area contributed by atoms with Gasteiger partial charge in [0, 0.05) is 4.47 Å². The van der Waals surface area contributed by atoms with Crippen LogP contribution >= 0.6 is 47.8 Å². The third-order valence-electron chi connectivity index (χ3n) is 4.61. The second-order valence-electron chi connectivity index (χ2n) is 6.91. The Kier molecular flexibility index (Phi) is 6.88. The Hall–Kier alpha value is -2.36. The number of fused-ring (bicyclic) bond motifs is 1. The molecular weight excluding hydrogens is 609 g/mol. The number of benzene rings is 3. The van der Waals surface area contributed by atoms with E-state index in [1.54, 1.807) is 37.4 Å². The summed E-state index contributed by atoms with van der Waals surface area (Å²) >= 11 is 10.4. The van der Waals surface area contributed by atoms with Crippen LogP contribution in [0.5, 0.6) is 5.75 Å². The molecule has 0 radical (unpaired) electrons. The molecule has 0 saturated carbocycles. The Bertz CT molecular complexity index is 1380. The van der Waals surface area contributed by atoms with Gasteiger partial charge in [-0.2, -0.15) is 9.78 Å². The molecular formula is C23H15Br3FN3O2. The van der Waals surface area contributed by atoms with Crippen molar-refractivity contribution in [2.75, 3.05) is 0 Å². The average Bonchev–Trinajstić information content (AvgIpc) is 2.75. The molecule has 1 aromatic heterocycles. The molecule has 0 aliphatic carbocycles. The topological polar surface area (TPSA) is 56.5 Å². The van der Waals surface area contributed by atoms with Gasteiger partial charge >= 0.3 is 0 Å². The molecule has 0 unspecified atom stereocenters. The van der Waals surface area contributed by atoms with Crippen molar-refractivity contribution in [1.82, 2.24) is 9.66 Å². The zero-order valence-corrected chi connectivity index (χ0v) is 21.4. The Morgan fingerprint density at radius 2 is 1.75 bits per heavy atom. The van der Waals surface area contributed by atoms with Crippen LogP contribution in [0, 0.1) is 12.7 Å². The molecule has 162 valence electrons. The molecule has 0 aliphatic heterocycles. The Balaban J connectivity index is 1.60. The number of aromatic nitrogens is 2. The fraction of sp³-hybridized carbons (Fsp3) is 0.0870. The maximum Gasteiger partial charge on any atom is 0.282 e. The van der Waals surface area contributed by atoms with Crippen molar-refractivity contribution in [3.63, 3.8) is 0 Å². The summed E-state index contributed by atoms with van der Waals surface area (Å²) in [6, 6.07) is 15.2. The van der Waals surface area contributed by atoms with E-state index in [9.17, 15) is 9.18 Å². The predicted octanol–water partition coefficient (Wildman–Crippen LogP) is 6.59. The fourth-order valence-corrected chi connectivity index (χ4v) is 4.86. The Morgan fingerprint density at radius 3 is 2.44 bits per heavy atom. The van der Waals surface area contributed by atoms with E-state index >= 15 is 0 Å². The first-order valence-corrected chi connectivity index (χ1v) is 11.8. The van der Waals surface area contributed by atoms with Gasteiger partial charge in [-0.3, -0.25) is 4.79 Å². The molecule has 5 nitrogen and oxygen atoms in total. The van der Waals surface area contributed by atoms with E-state index in [4.69, 9.17) is 4.74 Å². The van der Waals surface area contributed by atoms with Crippen LogP contribution in [0.15, 0.2) is 77.9 Å². The second-order valence-corrected chi connectivity index (χ2v) is 9.54. The van der Waals surface area contributed by atoms with Gasteiger partial charge in [0.25, 0.3) is 5.56 Å². The number of aryl methyl sites for hydroxylation is 1. The van der Waals surface area contributed by atoms with Gasteiger partial charge in [-0.25, -0.2) is 9.37 Å². The lowest BCUT2D eigenvalue weighted by molar-refractivity contribution is 0.302. The third kappa shape index (κ3) is 5.00. The summed E-state index contributed by atoms with van der Waals surface area (Å²) in [5.74, 6) is 0.804. The van der Waals surface area contributed by atoms with Crippen molar-refractivity contribution >= 4 is 64.9 Å². The highest BCUT2D eigenvalue weighted by Crippen LogP contribution is 2.35. The van der Waals surface area contributed by atoms with Crippen LogP contribution in [-0.2, 0) is 6.61 Å². The number of ether oxygens (including phenoxy) is 1. The molecule has 0 N–H and O–H groups in total. The van der Waals surface area contributed by atoms with Gasteiger partial charge in [0.05, 0.1) is 26.1 Å². The van der Waals surface area contributed by atoms with Crippen molar-refractivity contribution in [3.05, 3.63) is 101 Å². The molecule has 0 spiro atoms.